The maximum absolute atomic E-state index is 13.2. The molecular weight excluding hydrogens is 426 g/mol. The summed E-state index contributed by atoms with van der Waals surface area (Å²) in [7, 11) is 1.54. The fourth-order valence-electron chi connectivity index (χ4n) is 4.26. The fraction of sp³-hybridized carbons (Fsp3) is 0.241. The van der Waals surface area contributed by atoms with Crippen LogP contribution in [0.5, 0.6) is 5.75 Å². The van der Waals surface area contributed by atoms with Crippen LogP contribution < -0.4 is 4.74 Å². The topological polar surface area (TPSA) is 66.8 Å². The first-order valence-electron chi connectivity index (χ1n) is 11.3. The summed E-state index contributed by atoms with van der Waals surface area (Å²) in [6.07, 6.45) is 0. The Kier molecular flexibility index (Phi) is 6.29. The highest BCUT2D eigenvalue weighted by Crippen LogP contribution is 2.41. The largest absolute Gasteiger partial charge is 0.507 e. The second kappa shape index (κ2) is 9.18. The average molecular weight is 456 g/mol. The summed E-state index contributed by atoms with van der Waals surface area (Å²) in [4.78, 5) is 28.0. The second-order valence-corrected chi connectivity index (χ2v) is 9.52. The minimum Gasteiger partial charge on any atom is -0.507 e. The Morgan fingerprint density at radius 2 is 1.62 bits per heavy atom. The van der Waals surface area contributed by atoms with Crippen molar-refractivity contribution in [3.63, 3.8) is 0 Å². The van der Waals surface area contributed by atoms with Crippen LogP contribution in [0.3, 0.4) is 0 Å². The molecule has 0 radical (unpaired) electrons. The van der Waals surface area contributed by atoms with Crippen molar-refractivity contribution in [2.45, 2.75) is 38.8 Å². The van der Waals surface area contributed by atoms with E-state index in [4.69, 9.17) is 4.74 Å². The quantitative estimate of drug-likeness (QED) is 0.308. The second-order valence-electron chi connectivity index (χ2n) is 9.52. The van der Waals surface area contributed by atoms with E-state index >= 15 is 0 Å². The first-order chi connectivity index (χ1) is 16.2. The van der Waals surface area contributed by atoms with E-state index in [1.807, 2.05) is 54.6 Å². The van der Waals surface area contributed by atoms with Gasteiger partial charge >= 0.3 is 0 Å². The number of nitrogens with zero attached hydrogens (tertiary/aromatic N) is 1. The standard InChI is InChI=1S/C29H29NO4/c1-29(2,3)22-15-13-20(14-16-22)25-24(26(31)21-11-8-12-23(17-21)34-4)27(32)28(33)30(25)18-19-9-6-5-7-10-19/h5-17,25,31H,18H2,1-4H3. The Morgan fingerprint density at radius 3 is 2.24 bits per heavy atom. The zero-order valence-electron chi connectivity index (χ0n) is 19.9. The lowest BCUT2D eigenvalue weighted by Gasteiger charge is -2.26. The van der Waals surface area contributed by atoms with Crippen LogP contribution in [0.4, 0.5) is 0 Å². The maximum Gasteiger partial charge on any atom is 0.295 e. The highest BCUT2D eigenvalue weighted by atomic mass is 16.5. The van der Waals surface area contributed by atoms with E-state index in [1.165, 1.54) is 12.0 Å². The van der Waals surface area contributed by atoms with E-state index in [0.29, 0.717) is 11.3 Å². The van der Waals surface area contributed by atoms with Gasteiger partial charge in [0.25, 0.3) is 11.7 Å². The molecule has 1 aliphatic heterocycles. The van der Waals surface area contributed by atoms with E-state index in [2.05, 4.69) is 20.8 Å². The van der Waals surface area contributed by atoms with Gasteiger partial charge in [0.05, 0.1) is 18.7 Å². The predicted octanol–water partition coefficient (Wildman–Crippen LogP) is 5.61. The number of hydrogen-bond donors (Lipinski definition) is 1. The van der Waals surface area contributed by atoms with Crippen LogP contribution in [0, 0.1) is 0 Å². The van der Waals surface area contributed by atoms with Crippen molar-refractivity contribution in [3.8, 4) is 5.75 Å². The summed E-state index contributed by atoms with van der Waals surface area (Å²) in [5, 5.41) is 11.3. The van der Waals surface area contributed by atoms with Gasteiger partial charge in [0.1, 0.15) is 11.5 Å². The van der Waals surface area contributed by atoms with Gasteiger partial charge in [-0.05, 0) is 34.2 Å². The van der Waals surface area contributed by atoms with Crippen LogP contribution in [0.2, 0.25) is 0 Å². The Hall–Kier alpha value is -3.86. The molecule has 3 aromatic rings. The lowest BCUT2D eigenvalue weighted by molar-refractivity contribution is -0.140. The number of amides is 1. The highest BCUT2D eigenvalue weighted by molar-refractivity contribution is 6.46. The van der Waals surface area contributed by atoms with E-state index < -0.39 is 17.7 Å². The van der Waals surface area contributed by atoms with Crippen LogP contribution >= 0.6 is 0 Å². The van der Waals surface area contributed by atoms with Gasteiger partial charge in [0.2, 0.25) is 0 Å². The van der Waals surface area contributed by atoms with E-state index in [-0.39, 0.29) is 23.3 Å². The molecule has 0 saturated carbocycles. The molecule has 3 aromatic carbocycles. The zero-order chi connectivity index (χ0) is 24.5. The van der Waals surface area contributed by atoms with Gasteiger partial charge in [-0.3, -0.25) is 9.59 Å². The minimum atomic E-state index is -0.708. The summed E-state index contributed by atoms with van der Waals surface area (Å²) < 4.78 is 5.28. The van der Waals surface area contributed by atoms with Crippen molar-refractivity contribution in [3.05, 3.63) is 107 Å². The number of Topliss-reactive ketones (excluding diaryl/α,β-unsaturated/α-hetero) is 1. The van der Waals surface area contributed by atoms with Gasteiger partial charge in [0, 0.05) is 12.1 Å². The zero-order valence-corrected chi connectivity index (χ0v) is 19.9. The van der Waals surface area contributed by atoms with Gasteiger partial charge in [-0.1, -0.05) is 87.5 Å². The number of ketones is 1. The number of carbonyl (C=O) groups excluding carboxylic acids is 2. The molecule has 0 aromatic heterocycles. The SMILES string of the molecule is COc1cccc(C(O)=C2C(=O)C(=O)N(Cc3ccccc3)C2c2ccc(C(C)(C)C)cc2)c1. The third-order valence-electron chi connectivity index (χ3n) is 6.17. The summed E-state index contributed by atoms with van der Waals surface area (Å²) in [6, 6.07) is 23.6. The molecule has 0 bridgehead atoms. The van der Waals surface area contributed by atoms with Crippen molar-refractivity contribution < 1.29 is 19.4 Å². The van der Waals surface area contributed by atoms with Crippen molar-refractivity contribution in [2.24, 2.45) is 0 Å². The molecule has 1 aliphatic rings. The highest BCUT2D eigenvalue weighted by Gasteiger charge is 2.46. The number of benzene rings is 3. The number of ether oxygens (including phenoxy) is 1. The van der Waals surface area contributed by atoms with E-state index in [9.17, 15) is 14.7 Å². The molecule has 1 heterocycles. The summed E-state index contributed by atoms with van der Waals surface area (Å²) in [5.74, 6) is -0.981. The molecule has 1 amide bonds. The molecule has 1 saturated heterocycles. The molecule has 34 heavy (non-hydrogen) atoms. The van der Waals surface area contributed by atoms with Gasteiger partial charge in [0.15, 0.2) is 0 Å². The molecule has 5 nitrogen and oxygen atoms in total. The first kappa shape index (κ1) is 23.3. The number of likely N-dealkylation sites (tertiary alicyclic amines) is 1. The van der Waals surface area contributed by atoms with Gasteiger partial charge in [-0.25, -0.2) is 0 Å². The third-order valence-corrected chi connectivity index (χ3v) is 6.17. The smallest absolute Gasteiger partial charge is 0.295 e. The van der Waals surface area contributed by atoms with Crippen molar-refractivity contribution in [1.29, 1.82) is 0 Å². The lowest BCUT2D eigenvalue weighted by Crippen LogP contribution is -2.29. The Bertz CT molecular complexity index is 1240. The molecule has 4 rings (SSSR count). The van der Waals surface area contributed by atoms with Crippen LogP contribution in [0.25, 0.3) is 5.76 Å². The average Bonchev–Trinajstić information content (AvgIpc) is 3.08. The van der Waals surface area contributed by atoms with Gasteiger partial charge < -0.3 is 14.7 Å². The molecule has 0 aliphatic carbocycles. The summed E-state index contributed by atoms with van der Waals surface area (Å²) in [6.45, 7) is 6.65. The van der Waals surface area contributed by atoms with Crippen molar-refractivity contribution in [2.75, 3.05) is 7.11 Å². The maximum atomic E-state index is 13.2. The number of methoxy groups -OCH3 is 1. The van der Waals surface area contributed by atoms with Crippen molar-refractivity contribution in [1.82, 2.24) is 4.90 Å². The molecule has 1 unspecified atom stereocenters. The Labute approximate surface area is 200 Å². The number of rotatable bonds is 5. The summed E-state index contributed by atoms with van der Waals surface area (Å²) in [5.41, 5.74) is 3.29. The van der Waals surface area contributed by atoms with Crippen LogP contribution in [0.15, 0.2) is 84.4 Å². The number of carbonyl (C=O) groups is 2. The fourth-order valence-corrected chi connectivity index (χ4v) is 4.26. The lowest BCUT2D eigenvalue weighted by atomic mass is 9.85. The monoisotopic (exact) mass is 455 g/mol. The van der Waals surface area contributed by atoms with Crippen LogP contribution in [0.1, 0.15) is 49.1 Å². The Morgan fingerprint density at radius 1 is 0.941 bits per heavy atom. The van der Waals surface area contributed by atoms with Crippen LogP contribution in [-0.4, -0.2) is 28.8 Å². The molecule has 1 N–H and O–H groups in total. The number of aliphatic hydroxyl groups is 1. The molecule has 0 spiro atoms. The minimum absolute atomic E-state index is 0.0367. The number of aliphatic hydroxyl groups excluding tert-OH is 1. The molecule has 174 valence electrons. The molecular formula is C29H29NO4. The van der Waals surface area contributed by atoms with Gasteiger partial charge in [-0.2, -0.15) is 0 Å². The third kappa shape index (κ3) is 4.46. The Balaban J connectivity index is 1.86. The molecule has 5 heteroatoms. The van der Waals surface area contributed by atoms with Crippen LogP contribution in [-0.2, 0) is 21.5 Å². The van der Waals surface area contributed by atoms with Crippen molar-refractivity contribution >= 4 is 17.4 Å². The van der Waals surface area contributed by atoms with Gasteiger partial charge in [-0.15, -0.1) is 0 Å². The molecule has 1 atom stereocenters. The predicted molar refractivity (Wildman–Crippen MR) is 132 cm³/mol. The first-order valence-corrected chi connectivity index (χ1v) is 11.3. The number of hydrogen-bond acceptors (Lipinski definition) is 4. The van der Waals surface area contributed by atoms with E-state index in [1.54, 1.807) is 24.3 Å². The van der Waals surface area contributed by atoms with E-state index in [0.717, 1.165) is 16.7 Å². The summed E-state index contributed by atoms with van der Waals surface area (Å²) >= 11 is 0. The normalized spacial score (nSPS) is 17.8. The molecule has 1 fully saturated rings.